The minimum absolute atomic E-state index is 0.0200. The fraction of sp³-hybridized carbons (Fsp3) is 0.357. The lowest BCUT2D eigenvalue weighted by molar-refractivity contribution is -0.139. The topological polar surface area (TPSA) is 148 Å². The van der Waals surface area contributed by atoms with E-state index < -0.39 is 24.0 Å². The zero-order chi connectivity index (χ0) is 29.3. The highest BCUT2D eigenvalue weighted by Crippen LogP contribution is 2.35. The maximum atomic E-state index is 13.2. The van der Waals surface area contributed by atoms with Gasteiger partial charge in [0.15, 0.2) is 5.96 Å². The molecule has 2 aromatic carbocycles. The van der Waals surface area contributed by atoms with Gasteiger partial charge in [-0.05, 0) is 48.2 Å². The quantitative estimate of drug-likeness (QED) is 0.249. The van der Waals surface area contributed by atoms with Crippen molar-refractivity contribution in [2.45, 2.75) is 31.5 Å². The van der Waals surface area contributed by atoms with Gasteiger partial charge in [0, 0.05) is 50.7 Å². The van der Waals surface area contributed by atoms with Gasteiger partial charge in [-0.25, -0.2) is 4.79 Å². The van der Waals surface area contributed by atoms with Crippen molar-refractivity contribution in [1.29, 1.82) is 0 Å². The maximum absolute atomic E-state index is 13.2. The second-order valence-corrected chi connectivity index (χ2v) is 10.8. The minimum Gasteiger partial charge on any atom is -0.480 e. The predicted molar refractivity (Wildman–Crippen MR) is 154 cm³/mol. The zero-order valence-electron chi connectivity index (χ0n) is 22.2. The SMILES string of the molecule is C/N=C(/NC[C@H](NC(=O)c1c(Cl)cc2c(c1Cl)CCN(C(=O)c1ccc3ccoc3c1)C2)C(=O)O)N1CC[C@H](O)C1. The molecule has 1 fully saturated rings. The van der Waals surface area contributed by atoms with E-state index in [9.17, 15) is 24.6 Å². The molecule has 0 saturated carbocycles. The Bertz CT molecular complexity index is 1540. The molecule has 2 atom stereocenters. The minimum atomic E-state index is -1.31. The second-order valence-electron chi connectivity index (χ2n) is 10.0. The molecule has 1 saturated heterocycles. The lowest BCUT2D eigenvalue weighted by atomic mass is 9.96. The average molecular weight is 602 g/mol. The van der Waals surface area contributed by atoms with Crippen LogP contribution in [0.4, 0.5) is 0 Å². The smallest absolute Gasteiger partial charge is 0.328 e. The number of aliphatic carboxylic acids is 1. The van der Waals surface area contributed by atoms with Crippen LogP contribution >= 0.6 is 23.2 Å². The number of likely N-dealkylation sites (tertiary alicyclic amines) is 1. The van der Waals surface area contributed by atoms with Gasteiger partial charge in [0.1, 0.15) is 11.6 Å². The highest BCUT2D eigenvalue weighted by Gasteiger charge is 2.30. The number of aliphatic hydroxyl groups excluding tert-OH is 1. The summed E-state index contributed by atoms with van der Waals surface area (Å²) in [5.41, 5.74) is 2.49. The van der Waals surface area contributed by atoms with Crippen LogP contribution in [-0.2, 0) is 17.8 Å². The highest BCUT2D eigenvalue weighted by molar-refractivity contribution is 6.40. The Labute approximate surface area is 245 Å². The summed E-state index contributed by atoms with van der Waals surface area (Å²) in [4.78, 5) is 46.0. The summed E-state index contributed by atoms with van der Waals surface area (Å²) >= 11 is 13.2. The van der Waals surface area contributed by atoms with Crippen LogP contribution in [0.2, 0.25) is 10.0 Å². The van der Waals surface area contributed by atoms with E-state index in [-0.39, 0.29) is 34.6 Å². The van der Waals surface area contributed by atoms with E-state index >= 15 is 0 Å². The number of furan rings is 1. The number of rotatable bonds is 6. The van der Waals surface area contributed by atoms with E-state index in [0.29, 0.717) is 60.7 Å². The molecule has 0 aliphatic carbocycles. The van der Waals surface area contributed by atoms with Crippen molar-refractivity contribution < 1.29 is 29.0 Å². The van der Waals surface area contributed by atoms with Gasteiger partial charge in [0.2, 0.25) is 0 Å². The first-order chi connectivity index (χ1) is 19.7. The molecule has 3 aromatic rings. The van der Waals surface area contributed by atoms with Crippen LogP contribution in [0.5, 0.6) is 0 Å². The Kier molecular flexibility index (Phi) is 8.39. The molecule has 0 radical (unpaired) electrons. The van der Waals surface area contributed by atoms with Crippen molar-refractivity contribution in [3.8, 4) is 0 Å². The molecule has 4 N–H and O–H groups in total. The summed E-state index contributed by atoms with van der Waals surface area (Å²) in [5.74, 6) is -1.72. The van der Waals surface area contributed by atoms with Crippen molar-refractivity contribution in [3.63, 3.8) is 0 Å². The Morgan fingerprint density at radius 1 is 1.17 bits per heavy atom. The summed E-state index contributed by atoms with van der Waals surface area (Å²) in [6, 6.07) is 7.40. The van der Waals surface area contributed by atoms with Crippen LogP contribution < -0.4 is 10.6 Å². The number of hydrogen-bond acceptors (Lipinski definition) is 6. The molecule has 216 valence electrons. The molecule has 0 spiro atoms. The van der Waals surface area contributed by atoms with Crippen molar-refractivity contribution >= 4 is 57.9 Å². The zero-order valence-corrected chi connectivity index (χ0v) is 23.7. The number of carboxylic acid groups (broad SMARTS) is 1. The van der Waals surface area contributed by atoms with E-state index in [1.807, 2.05) is 17.0 Å². The summed E-state index contributed by atoms with van der Waals surface area (Å²) in [6.07, 6.45) is 2.07. The average Bonchev–Trinajstić information content (AvgIpc) is 3.60. The number of amides is 2. The van der Waals surface area contributed by atoms with Gasteiger partial charge >= 0.3 is 5.97 Å². The number of aliphatic hydroxyl groups is 1. The van der Waals surface area contributed by atoms with Crippen LogP contribution in [0.1, 0.15) is 38.3 Å². The third-order valence-corrected chi connectivity index (χ3v) is 8.08. The molecule has 0 bridgehead atoms. The molecule has 0 unspecified atom stereocenters. The largest absolute Gasteiger partial charge is 0.480 e. The van der Waals surface area contributed by atoms with Crippen molar-refractivity contribution in [1.82, 2.24) is 20.4 Å². The number of carbonyl (C=O) groups excluding carboxylic acids is 2. The molecule has 2 aliphatic heterocycles. The standard InChI is InChI=1S/C28H29Cl2N5O6/c1-31-28(35-7-4-18(36)14-35)32-12-21(27(39)40)33-25(37)23-20(29)10-17-13-34(8-5-19(17)24(23)30)26(38)16-3-2-15-6-9-41-22(15)11-16/h2-3,6,9-11,18,21,36H,4-5,7-8,12-14H2,1H3,(H,31,32)(H,33,37)(H,39,40)/t18-,21-/m0/s1. The molecule has 13 heteroatoms. The lowest BCUT2D eigenvalue weighted by Crippen LogP contribution is -2.51. The number of carbonyl (C=O) groups is 3. The maximum Gasteiger partial charge on any atom is 0.328 e. The molecular formula is C28H29Cl2N5O6. The Balaban J connectivity index is 1.28. The third-order valence-electron chi connectivity index (χ3n) is 7.36. The summed E-state index contributed by atoms with van der Waals surface area (Å²) in [7, 11) is 1.56. The number of nitrogens with zero attached hydrogens (tertiary/aromatic N) is 3. The molecule has 3 heterocycles. The van der Waals surface area contributed by atoms with Crippen molar-refractivity contribution in [3.05, 3.63) is 68.9 Å². The Morgan fingerprint density at radius 3 is 2.68 bits per heavy atom. The predicted octanol–water partition coefficient (Wildman–Crippen LogP) is 2.76. The molecule has 5 rings (SSSR count). The molecule has 41 heavy (non-hydrogen) atoms. The van der Waals surface area contributed by atoms with Gasteiger partial charge in [0.25, 0.3) is 11.8 Å². The first-order valence-electron chi connectivity index (χ1n) is 13.1. The lowest BCUT2D eigenvalue weighted by Gasteiger charge is -2.30. The number of guanidine groups is 1. The molecule has 11 nitrogen and oxygen atoms in total. The second kappa shape index (κ2) is 12.0. The number of benzene rings is 2. The first kappa shape index (κ1) is 28.7. The van der Waals surface area contributed by atoms with Crippen LogP contribution in [-0.4, -0.2) is 89.1 Å². The van der Waals surface area contributed by atoms with Gasteiger partial charge in [-0.3, -0.25) is 14.6 Å². The summed E-state index contributed by atoms with van der Waals surface area (Å²) in [5, 5.41) is 26.1. The highest BCUT2D eigenvalue weighted by atomic mass is 35.5. The number of hydrogen-bond donors (Lipinski definition) is 4. The number of carboxylic acids is 1. The Morgan fingerprint density at radius 2 is 1.98 bits per heavy atom. The van der Waals surface area contributed by atoms with Crippen molar-refractivity contribution in [2.24, 2.45) is 4.99 Å². The van der Waals surface area contributed by atoms with Gasteiger partial charge < -0.3 is 35.1 Å². The first-order valence-corrected chi connectivity index (χ1v) is 13.9. The van der Waals surface area contributed by atoms with Crippen molar-refractivity contribution in [2.75, 3.05) is 33.2 Å². The number of nitrogens with one attached hydrogen (secondary N) is 2. The van der Waals surface area contributed by atoms with Crippen LogP contribution in [0.25, 0.3) is 11.0 Å². The normalized spacial score (nSPS) is 17.9. The number of aliphatic imine (C=N–C) groups is 1. The van der Waals surface area contributed by atoms with Crippen LogP contribution in [0.15, 0.2) is 46.0 Å². The molecule has 1 aromatic heterocycles. The number of halogens is 2. The van der Waals surface area contributed by atoms with E-state index in [1.165, 1.54) is 0 Å². The summed E-state index contributed by atoms with van der Waals surface area (Å²) < 4.78 is 5.42. The third kappa shape index (κ3) is 5.97. The van der Waals surface area contributed by atoms with E-state index in [4.69, 9.17) is 27.6 Å². The molecular weight excluding hydrogens is 573 g/mol. The fourth-order valence-corrected chi connectivity index (χ4v) is 5.96. The van der Waals surface area contributed by atoms with Gasteiger partial charge in [0.05, 0.1) is 28.0 Å². The van der Waals surface area contributed by atoms with Crippen LogP contribution in [0.3, 0.4) is 0 Å². The molecule has 2 amide bonds. The van der Waals surface area contributed by atoms with E-state index in [0.717, 1.165) is 5.39 Å². The molecule has 2 aliphatic rings. The van der Waals surface area contributed by atoms with E-state index in [1.54, 1.807) is 36.4 Å². The Hall–Kier alpha value is -3.80. The fourth-order valence-electron chi connectivity index (χ4n) is 5.19. The van der Waals surface area contributed by atoms with E-state index in [2.05, 4.69) is 15.6 Å². The van der Waals surface area contributed by atoms with Gasteiger partial charge in [-0.2, -0.15) is 0 Å². The van der Waals surface area contributed by atoms with Crippen LogP contribution in [0, 0.1) is 0 Å². The number of β-amino-alcohol motifs (C(OH)–C–C–N with tert-alkyl or cyclic N) is 1. The number of fused-ring (bicyclic) bond motifs is 2. The summed E-state index contributed by atoms with van der Waals surface area (Å²) in [6.45, 7) is 1.43. The monoisotopic (exact) mass is 601 g/mol. The van der Waals surface area contributed by atoms with Gasteiger partial charge in [-0.1, -0.05) is 29.3 Å². The van der Waals surface area contributed by atoms with Gasteiger partial charge in [-0.15, -0.1) is 0 Å².